The molecule has 1 saturated heterocycles. The van der Waals surface area contributed by atoms with E-state index in [2.05, 4.69) is 23.1 Å². The quantitative estimate of drug-likeness (QED) is 0.879. The van der Waals surface area contributed by atoms with E-state index in [1.54, 1.807) is 0 Å². The van der Waals surface area contributed by atoms with Gasteiger partial charge in [0, 0.05) is 25.0 Å². The Bertz CT molecular complexity index is 760. The van der Waals surface area contributed by atoms with Crippen LogP contribution in [0.5, 0.6) is 5.75 Å². The maximum Gasteiger partial charge on any atom is 0.311 e. The first-order valence-electron chi connectivity index (χ1n) is 8.75. The summed E-state index contributed by atoms with van der Waals surface area (Å²) in [5.41, 5.74) is -0.501. The molecule has 0 bridgehead atoms. The molecular formula is C20H24ClNO3. The molecule has 1 saturated carbocycles. The molecule has 2 aliphatic rings. The van der Waals surface area contributed by atoms with E-state index in [9.17, 15) is 9.90 Å². The Morgan fingerprint density at radius 3 is 2.84 bits per heavy atom. The zero-order valence-electron chi connectivity index (χ0n) is 14.2. The summed E-state index contributed by atoms with van der Waals surface area (Å²) in [6.07, 6.45) is 2.93. The van der Waals surface area contributed by atoms with Crippen LogP contribution in [0, 0.1) is 11.3 Å². The Kier molecular flexibility index (Phi) is 5.21. The number of likely N-dealkylation sites (tertiary alicyclic amines) is 1. The van der Waals surface area contributed by atoms with Gasteiger partial charge in [0.1, 0.15) is 12.4 Å². The molecule has 4 rings (SSSR count). The zero-order valence-corrected chi connectivity index (χ0v) is 15.0. The van der Waals surface area contributed by atoms with E-state index >= 15 is 0 Å². The van der Waals surface area contributed by atoms with E-state index < -0.39 is 11.4 Å². The molecule has 2 atom stereocenters. The number of ether oxygens (including phenoxy) is 1. The van der Waals surface area contributed by atoms with Crippen molar-refractivity contribution in [2.75, 3.05) is 26.2 Å². The number of hydrogen-bond acceptors (Lipinski definition) is 3. The van der Waals surface area contributed by atoms with Gasteiger partial charge < -0.3 is 9.84 Å². The highest BCUT2D eigenvalue weighted by Crippen LogP contribution is 2.48. The van der Waals surface area contributed by atoms with Gasteiger partial charge >= 0.3 is 5.97 Å². The number of fused-ring (bicyclic) bond motifs is 2. The third kappa shape index (κ3) is 3.21. The Morgan fingerprint density at radius 2 is 2.04 bits per heavy atom. The SMILES string of the molecule is Cl.O=C(O)[C@@]12CCC[C@H]1CN(CCOc1cccc3ccccc13)C2. The van der Waals surface area contributed by atoms with Crippen molar-refractivity contribution in [2.45, 2.75) is 19.3 Å². The average molecular weight is 362 g/mol. The Balaban J connectivity index is 0.00000182. The van der Waals surface area contributed by atoms with E-state index in [-0.39, 0.29) is 12.4 Å². The third-order valence-corrected chi connectivity index (χ3v) is 5.78. The van der Waals surface area contributed by atoms with Gasteiger partial charge in [0.25, 0.3) is 0 Å². The van der Waals surface area contributed by atoms with Gasteiger partial charge in [-0.1, -0.05) is 42.8 Å². The van der Waals surface area contributed by atoms with Gasteiger partial charge in [-0.2, -0.15) is 0 Å². The molecule has 2 aromatic carbocycles. The van der Waals surface area contributed by atoms with Gasteiger partial charge in [-0.05, 0) is 30.2 Å². The monoisotopic (exact) mass is 361 g/mol. The maximum atomic E-state index is 11.7. The van der Waals surface area contributed by atoms with Crippen molar-refractivity contribution >= 4 is 29.1 Å². The molecule has 2 aromatic rings. The van der Waals surface area contributed by atoms with Gasteiger partial charge in [0.05, 0.1) is 5.41 Å². The lowest BCUT2D eigenvalue weighted by atomic mass is 9.81. The van der Waals surface area contributed by atoms with Crippen LogP contribution in [0.25, 0.3) is 10.8 Å². The fourth-order valence-corrected chi connectivity index (χ4v) is 4.52. The van der Waals surface area contributed by atoms with E-state index in [0.29, 0.717) is 19.1 Å². The molecule has 2 fully saturated rings. The molecule has 0 radical (unpaired) electrons. The number of hydrogen-bond donors (Lipinski definition) is 1. The summed E-state index contributed by atoms with van der Waals surface area (Å²) >= 11 is 0. The number of aliphatic carboxylic acids is 1. The van der Waals surface area contributed by atoms with Crippen molar-refractivity contribution in [2.24, 2.45) is 11.3 Å². The minimum atomic E-state index is -0.609. The Labute approximate surface area is 154 Å². The first-order chi connectivity index (χ1) is 11.7. The van der Waals surface area contributed by atoms with Crippen LogP contribution in [0.15, 0.2) is 42.5 Å². The van der Waals surface area contributed by atoms with Gasteiger partial charge in [-0.15, -0.1) is 12.4 Å². The van der Waals surface area contributed by atoms with Crippen LogP contribution in [0.1, 0.15) is 19.3 Å². The van der Waals surface area contributed by atoms with E-state index in [0.717, 1.165) is 43.5 Å². The molecule has 134 valence electrons. The van der Waals surface area contributed by atoms with E-state index in [1.165, 1.54) is 5.39 Å². The van der Waals surface area contributed by atoms with E-state index in [1.807, 2.05) is 24.3 Å². The van der Waals surface area contributed by atoms with Crippen LogP contribution in [0.4, 0.5) is 0 Å². The van der Waals surface area contributed by atoms with Gasteiger partial charge in [-0.3, -0.25) is 9.69 Å². The molecule has 1 aliphatic carbocycles. The molecule has 4 nitrogen and oxygen atoms in total. The van der Waals surface area contributed by atoms with Gasteiger partial charge in [-0.25, -0.2) is 0 Å². The number of carbonyl (C=O) groups is 1. The number of nitrogens with zero attached hydrogens (tertiary/aromatic N) is 1. The highest BCUT2D eigenvalue weighted by molar-refractivity contribution is 5.88. The molecule has 5 heteroatoms. The molecule has 25 heavy (non-hydrogen) atoms. The molecule has 0 amide bonds. The van der Waals surface area contributed by atoms with Crippen LogP contribution in [0.2, 0.25) is 0 Å². The van der Waals surface area contributed by atoms with Crippen LogP contribution < -0.4 is 4.74 Å². The lowest BCUT2D eigenvalue weighted by Crippen LogP contribution is -2.36. The Hall–Kier alpha value is -1.78. The molecule has 1 aliphatic heterocycles. The number of halogens is 1. The highest BCUT2D eigenvalue weighted by atomic mass is 35.5. The van der Waals surface area contributed by atoms with Gasteiger partial charge in [0.15, 0.2) is 0 Å². The molecule has 0 unspecified atom stereocenters. The van der Waals surface area contributed by atoms with Crippen molar-refractivity contribution in [3.05, 3.63) is 42.5 Å². The van der Waals surface area contributed by atoms with Crippen molar-refractivity contribution in [3.8, 4) is 5.75 Å². The summed E-state index contributed by atoms with van der Waals surface area (Å²) in [4.78, 5) is 14.0. The highest BCUT2D eigenvalue weighted by Gasteiger charge is 2.54. The van der Waals surface area contributed by atoms with Crippen LogP contribution in [-0.2, 0) is 4.79 Å². The maximum absolute atomic E-state index is 11.7. The third-order valence-electron chi connectivity index (χ3n) is 5.78. The fourth-order valence-electron chi connectivity index (χ4n) is 4.52. The van der Waals surface area contributed by atoms with E-state index in [4.69, 9.17) is 4.74 Å². The normalized spacial score (nSPS) is 25.5. The average Bonchev–Trinajstić information content (AvgIpc) is 3.13. The summed E-state index contributed by atoms with van der Waals surface area (Å²) in [7, 11) is 0. The van der Waals surface area contributed by atoms with Crippen LogP contribution in [0.3, 0.4) is 0 Å². The zero-order chi connectivity index (χ0) is 16.6. The number of benzene rings is 2. The second-order valence-corrected chi connectivity index (χ2v) is 7.11. The predicted molar refractivity (Wildman–Crippen MR) is 101 cm³/mol. The summed E-state index contributed by atoms with van der Waals surface area (Å²) in [5.74, 6) is 0.607. The minimum Gasteiger partial charge on any atom is -0.492 e. The molecule has 1 N–H and O–H groups in total. The summed E-state index contributed by atoms with van der Waals surface area (Å²) in [5, 5.41) is 12.0. The number of carboxylic acids is 1. The topological polar surface area (TPSA) is 49.8 Å². The van der Waals surface area contributed by atoms with Crippen molar-refractivity contribution < 1.29 is 14.6 Å². The van der Waals surface area contributed by atoms with Crippen LogP contribution in [-0.4, -0.2) is 42.2 Å². The summed E-state index contributed by atoms with van der Waals surface area (Å²) in [6.45, 7) is 2.95. The molecule has 1 heterocycles. The van der Waals surface area contributed by atoms with Crippen molar-refractivity contribution in [3.63, 3.8) is 0 Å². The smallest absolute Gasteiger partial charge is 0.311 e. The summed E-state index contributed by atoms with van der Waals surface area (Å²) < 4.78 is 6.01. The lowest BCUT2D eigenvalue weighted by molar-refractivity contribution is -0.149. The molecule has 0 aromatic heterocycles. The second-order valence-electron chi connectivity index (χ2n) is 7.11. The van der Waals surface area contributed by atoms with Gasteiger partial charge in [0.2, 0.25) is 0 Å². The minimum absolute atomic E-state index is 0. The fraction of sp³-hybridized carbons (Fsp3) is 0.450. The summed E-state index contributed by atoms with van der Waals surface area (Å²) in [6, 6.07) is 14.3. The first kappa shape index (κ1) is 18.0. The molecule has 0 spiro atoms. The number of carboxylic acid groups (broad SMARTS) is 1. The molecular weight excluding hydrogens is 338 g/mol. The predicted octanol–water partition coefficient (Wildman–Crippen LogP) is 3.83. The second kappa shape index (κ2) is 7.22. The van der Waals surface area contributed by atoms with Crippen molar-refractivity contribution in [1.29, 1.82) is 0 Å². The number of rotatable bonds is 5. The first-order valence-corrected chi connectivity index (χ1v) is 8.75. The van der Waals surface area contributed by atoms with Crippen molar-refractivity contribution in [1.82, 2.24) is 4.90 Å². The van der Waals surface area contributed by atoms with Crippen LogP contribution >= 0.6 is 12.4 Å². The lowest BCUT2D eigenvalue weighted by Gasteiger charge is -2.23. The Morgan fingerprint density at radius 1 is 1.24 bits per heavy atom. The standard InChI is InChI=1S/C20H23NO3.ClH/c22-19(23)20-10-4-7-16(20)13-21(14-20)11-12-24-18-9-3-6-15-5-1-2-8-17(15)18;/h1-3,5-6,8-9,16H,4,7,10-14H2,(H,22,23);1H/t16-,20+;/m0./s1. The largest absolute Gasteiger partial charge is 0.492 e.